The Morgan fingerprint density at radius 3 is 2.44 bits per heavy atom. The largest absolute Gasteiger partial charge is 0.444 e. The molecule has 1 amide bonds. The molecule has 0 heterocycles. The van der Waals surface area contributed by atoms with E-state index in [1.54, 1.807) is 0 Å². The first-order valence-electron chi connectivity index (χ1n) is 5.77. The lowest BCUT2D eigenvalue weighted by molar-refractivity contribution is 0.0518. The van der Waals surface area contributed by atoms with Crippen LogP contribution in [0.1, 0.15) is 33.6 Å². The zero-order valence-electron chi connectivity index (χ0n) is 10.3. The van der Waals surface area contributed by atoms with E-state index in [2.05, 4.69) is 5.32 Å². The fourth-order valence-corrected chi connectivity index (χ4v) is 1.91. The molecule has 0 spiro atoms. The predicted molar refractivity (Wildman–Crippen MR) is 62.9 cm³/mol. The van der Waals surface area contributed by atoms with Gasteiger partial charge in [0.25, 0.3) is 0 Å². The van der Waals surface area contributed by atoms with Gasteiger partial charge in [0, 0.05) is 18.6 Å². The van der Waals surface area contributed by atoms with Gasteiger partial charge in [0.05, 0.1) is 0 Å². The lowest BCUT2D eigenvalue weighted by Crippen LogP contribution is -2.44. The van der Waals surface area contributed by atoms with E-state index in [1.165, 1.54) is 0 Å². The molecule has 16 heavy (non-hydrogen) atoms. The van der Waals surface area contributed by atoms with Gasteiger partial charge in [-0.25, -0.2) is 4.79 Å². The molecule has 5 nitrogen and oxygen atoms in total. The number of nitrogens with two attached hydrogens (primary N) is 2. The average molecular weight is 229 g/mol. The zero-order valence-corrected chi connectivity index (χ0v) is 10.3. The molecule has 1 rings (SSSR count). The second-order valence-corrected chi connectivity index (χ2v) is 5.46. The van der Waals surface area contributed by atoms with Crippen molar-refractivity contribution in [2.24, 2.45) is 17.4 Å². The van der Waals surface area contributed by atoms with Crippen molar-refractivity contribution in [3.8, 4) is 0 Å². The quantitative estimate of drug-likeness (QED) is 0.646. The van der Waals surface area contributed by atoms with E-state index < -0.39 is 5.60 Å². The number of alkyl carbamates (subject to hydrolysis) is 1. The summed E-state index contributed by atoms with van der Waals surface area (Å²) in [5.41, 5.74) is 11.3. The van der Waals surface area contributed by atoms with E-state index in [4.69, 9.17) is 16.2 Å². The molecule has 0 aliphatic heterocycles. The highest BCUT2D eigenvalue weighted by atomic mass is 16.6. The van der Waals surface area contributed by atoms with Gasteiger partial charge in [-0.05, 0) is 39.5 Å². The highest BCUT2D eigenvalue weighted by Gasteiger charge is 2.31. The van der Waals surface area contributed by atoms with E-state index in [1.807, 2.05) is 20.8 Å². The molecule has 0 aromatic carbocycles. The van der Waals surface area contributed by atoms with Crippen LogP contribution in [0.2, 0.25) is 0 Å². The van der Waals surface area contributed by atoms with Gasteiger partial charge in [-0.2, -0.15) is 0 Å². The fourth-order valence-electron chi connectivity index (χ4n) is 1.91. The summed E-state index contributed by atoms with van der Waals surface area (Å²) in [5.74, 6) is 0.266. The van der Waals surface area contributed by atoms with Gasteiger partial charge in [0.2, 0.25) is 0 Å². The number of carbonyl (C=O) groups is 1. The van der Waals surface area contributed by atoms with Gasteiger partial charge in [-0.1, -0.05) is 0 Å². The monoisotopic (exact) mass is 229 g/mol. The van der Waals surface area contributed by atoms with Crippen LogP contribution in [0.4, 0.5) is 4.79 Å². The lowest BCUT2D eigenvalue weighted by atomic mass is 10.0. The first-order chi connectivity index (χ1) is 7.29. The van der Waals surface area contributed by atoms with Crippen LogP contribution < -0.4 is 16.8 Å². The molecule has 0 radical (unpaired) electrons. The van der Waals surface area contributed by atoms with E-state index in [9.17, 15) is 4.79 Å². The van der Waals surface area contributed by atoms with Gasteiger partial charge in [0.1, 0.15) is 5.60 Å². The number of nitrogens with one attached hydrogen (secondary N) is 1. The van der Waals surface area contributed by atoms with Crippen molar-refractivity contribution < 1.29 is 9.53 Å². The van der Waals surface area contributed by atoms with Crippen LogP contribution >= 0.6 is 0 Å². The van der Waals surface area contributed by atoms with Gasteiger partial charge < -0.3 is 21.5 Å². The molecule has 0 unspecified atom stereocenters. The highest BCUT2D eigenvalue weighted by molar-refractivity contribution is 5.67. The summed E-state index contributed by atoms with van der Waals surface area (Å²) in [6, 6.07) is 0.0420. The highest BCUT2D eigenvalue weighted by Crippen LogP contribution is 2.22. The minimum Gasteiger partial charge on any atom is -0.444 e. The lowest BCUT2D eigenvalue weighted by Gasteiger charge is -2.22. The SMILES string of the molecule is CC(C)(C)OC(=O)NC[C@H]1CC[C@@H](N)[C@@H]1N. The van der Waals surface area contributed by atoms with E-state index in [0.717, 1.165) is 12.8 Å². The maximum Gasteiger partial charge on any atom is 0.407 e. The smallest absolute Gasteiger partial charge is 0.407 e. The summed E-state index contributed by atoms with van der Waals surface area (Å²) < 4.78 is 5.14. The summed E-state index contributed by atoms with van der Waals surface area (Å²) in [4.78, 5) is 11.4. The van der Waals surface area contributed by atoms with Crippen molar-refractivity contribution in [1.29, 1.82) is 0 Å². The van der Waals surface area contributed by atoms with Crippen molar-refractivity contribution >= 4 is 6.09 Å². The van der Waals surface area contributed by atoms with E-state index >= 15 is 0 Å². The second kappa shape index (κ2) is 5.01. The van der Waals surface area contributed by atoms with Crippen molar-refractivity contribution in [1.82, 2.24) is 5.32 Å². The minimum absolute atomic E-state index is 0.0186. The van der Waals surface area contributed by atoms with Crippen LogP contribution in [-0.2, 0) is 4.74 Å². The molecule has 3 atom stereocenters. The second-order valence-electron chi connectivity index (χ2n) is 5.46. The molecule has 0 aromatic heterocycles. The number of rotatable bonds is 2. The number of hydrogen-bond acceptors (Lipinski definition) is 4. The Morgan fingerprint density at radius 2 is 2.00 bits per heavy atom. The summed E-state index contributed by atoms with van der Waals surface area (Å²) in [5, 5.41) is 2.74. The van der Waals surface area contributed by atoms with Crippen molar-refractivity contribution in [3.63, 3.8) is 0 Å². The summed E-state index contributed by atoms with van der Waals surface area (Å²) >= 11 is 0. The molecule has 1 aliphatic carbocycles. The number of hydrogen-bond donors (Lipinski definition) is 3. The fraction of sp³-hybridized carbons (Fsp3) is 0.909. The molecule has 1 aliphatic rings. The Kier molecular flexibility index (Phi) is 4.15. The van der Waals surface area contributed by atoms with Crippen LogP contribution in [0.15, 0.2) is 0 Å². The summed E-state index contributed by atoms with van der Waals surface area (Å²) in [7, 11) is 0. The topological polar surface area (TPSA) is 90.4 Å². The van der Waals surface area contributed by atoms with Gasteiger partial charge in [-0.3, -0.25) is 0 Å². The normalized spacial score (nSPS) is 30.2. The minimum atomic E-state index is -0.460. The third-order valence-corrected chi connectivity index (χ3v) is 2.82. The zero-order chi connectivity index (χ0) is 12.3. The maximum absolute atomic E-state index is 11.4. The molecule has 1 saturated carbocycles. The van der Waals surface area contributed by atoms with Crippen molar-refractivity contribution in [2.45, 2.75) is 51.3 Å². The Hall–Kier alpha value is -0.810. The first-order valence-corrected chi connectivity index (χ1v) is 5.77. The molecule has 0 saturated heterocycles. The molecule has 1 fully saturated rings. The Bertz CT molecular complexity index is 250. The molecule has 5 heteroatoms. The Balaban J connectivity index is 2.27. The van der Waals surface area contributed by atoms with E-state index in [-0.39, 0.29) is 24.1 Å². The molecular weight excluding hydrogens is 206 g/mol. The molecule has 0 bridgehead atoms. The standard InChI is InChI=1S/C11H23N3O2/c1-11(2,3)16-10(15)14-6-7-4-5-8(12)9(7)13/h7-9H,4-6,12-13H2,1-3H3,(H,14,15)/t7-,8-,9-/m1/s1. The predicted octanol–water partition coefficient (Wildman–Crippen LogP) is 0.576. The summed E-state index contributed by atoms with van der Waals surface area (Å²) in [6.07, 6.45) is 1.51. The third kappa shape index (κ3) is 3.98. The average Bonchev–Trinajstić information content (AvgIpc) is 2.42. The molecule has 0 aromatic rings. The number of amides is 1. The van der Waals surface area contributed by atoms with Crippen LogP contribution in [-0.4, -0.2) is 30.3 Å². The Morgan fingerprint density at radius 1 is 1.38 bits per heavy atom. The van der Waals surface area contributed by atoms with Crippen LogP contribution in [0.3, 0.4) is 0 Å². The van der Waals surface area contributed by atoms with Gasteiger partial charge in [-0.15, -0.1) is 0 Å². The molecular formula is C11H23N3O2. The van der Waals surface area contributed by atoms with Crippen LogP contribution in [0.5, 0.6) is 0 Å². The van der Waals surface area contributed by atoms with Crippen molar-refractivity contribution in [2.75, 3.05) is 6.54 Å². The number of carbonyl (C=O) groups excluding carboxylic acids is 1. The number of ether oxygens (including phenoxy) is 1. The van der Waals surface area contributed by atoms with Gasteiger partial charge in [0.15, 0.2) is 0 Å². The molecule has 94 valence electrons. The first kappa shape index (κ1) is 13.3. The summed E-state index contributed by atoms with van der Waals surface area (Å²) in [6.45, 7) is 6.06. The van der Waals surface area contributed by atoms with E-state index in [0.29, 0.717) is 6.54 Å². The van der Waals surface area contributed by atoms with Crippen molar-refractivity contribution in [3.05, 3.63) is 0 Å². The third-order valence-electron chi connectivity index (χ3n) is 2.82. The van der Waals surface area contributed by atoms with Crippen LogP contribution in [0.25, 0.3) is 0 Å². The molecule has 5 N–H and O–H groups in total. The van der Waals surface area contributed by atoms with Gasteiger partial charge >= 0.3 is 6.09 Å². The maximum atomic E-state index is 11.4. The van der Waals surface area contributed by atoms with Crippen LogP contribution in [0, 0.1) is 5.92 Å². The Labute approximate surface area is 96.9 Å².